The molecule has 0 saturated carbocycles. The molecule has 1 aromatic carbocycles. The Morgan fingerprint density at radius 2 is 1.64 bits per heavy atom. The highest BCUT2D eigenvalue weighted by atomic mass is 14.7. The molecule has 1 heterocycles. The highest BCUT2D eigenvalue weighted by Gasteiger charge is 2.03. The van der Waals surface area contributed by atoms with Crippen molar-refractivity contribution >= 4 is 10.9 Å². The zero-order valence-electron chi connectivity index (χ0n) is 9.18. The second-order valence-corrected chi connectivity index (χ2v) is 3.97. The minimum Gasteiger partial charge on any atom is -0.253 e. The van der Waals surface area contributed by atoms with Gasteiger partial charge in [-0.2, -0.15) is 0 Å². The standard InChI is InChI=1S/C13H15N/c1-8-5-6-12-7-9(2)11(4)14-13(12)10(8)3/h5-7H,1-4H3. The lowest BCUT2D eigenvalue weighted by molar-refractivity contribution is 1.18. The van der Waals surface area contributed by atoms with Crippen LogP contribution in [0.15, 0.2) is 18.2 Å². The number of fused-ring (bicyclic) bond motifs is 1. The normalized spacial score (nSPS) is 10.9. The minimum absolute atomic E-state index is 1.13. The van der Waals surface area contributed by atoms with Gasteiger partial charge in [-0.15, -0.1) is 0 Å². The molecule has 0 saturated heterocycles. The molecule has 0 radical (unpaired) electrons. The number of rotatable bonds is 0. The van der Waals surface area contributed by atoms with Gasteiger partial charge in [0.15, 0.2) is 0 Å². The molecule has 0 aliphatic carbocycles. The first kappa shape index (κ1) is 9.20. The molecule has 0 atom stereocenters. The third-order valence-electron chi connectivity index (χ3n) is 2.96. The van der Waals surface area contributed by atoms with E-state index >= 15 is 0 Å². The van der Waals surface area contributed by atoms with Crippen LogP contribution >= 0.6 is 0 Å². The number of benzene rings is 1. The summed E-state index contributed by atoms with van der Waals surface area (Å²) in [6.07, 6.45) is 0. The Labute approximate surface area is 84.8 Å². The van der Waals surface area contributed by atoms with E-state index in [1.165, 1.54) is 22.1 Å². The lowest BCUT2D eigenvalue weighted by Gasteiger charge is -2.07. The van der Waals surface area contributed by atoms with Crippen molar-refractivity contribution in [1.29, 1.82) is 0 Å². The summed E-state index contributed by atoms with van der Waals surface area (Å²) in [6, 6.07) is 6.52. The molecule has 0 unspecified atom stereocenters. The second kappa shape index (κ2) is 3.09. The maximum Gasteiger partial charge on any atom is 0.0737 e. The van der Waals surface area contributed by atoms with Gasteiger partial charge >= 0.3 is 0 Å². The summed E-state index contributed by atoms with van der Waals surface area (Å²) in [5.74, 6) is 0. The lowest BCUT2D eigenvalue weighted by atomic mass is 10.0. The summed E-state index contributed by atoms with van der Waals surface area (Å²) in [5, 5.41) is 1.25. The Hall–Kier alpha value is -1.37. The number of hydrogen-bond acceptors (Lipinski definition) is 1. The minimum atomic E-state index is 1.13. The van der Waals surface area contributed by atoms with Gasteiger partial charge in [-0.05, 0) is 50.5 Å². The highest BCUT2D eigenvalue weighted by molar-refractivity contribution is 5.83. The first-order valence-corrected chi connectivity index (χ1v) is 4.94. The molecule has 0 N–H and O–H groups in total. The van der Waals surface area contributed by atoms with E-state index in [1.807, 2.05) is 0 Å². The quantitative estimate of drug-likeness (QED) is 0.612. The summed E-state index contributed by atoms with van der Waals surface area (Å²) < 4.78 is 0. The summed E-state index contributed by atoms with van der Waals surface area (Å²) in [7, 11) is 0. The molecule has 0 spiro atoms. The molecular formula is C13H15N. The summed E-state index contributed by atoms with van der Waals surface area (Å²) >= 11 is 0. The topological polar surface area (TPSA) is 12.9 Å². The van der Waals surface area contributed by atoms with Gasteiger partial charge < -0.3 is 0 Å². The first-order valence-electron chi connectivity index (χ1n) is 4.94. The zero-order chi connectivity index (χ0) is 10.3. The van der Waals surface area contributed by atoms with Crippen LogP contribution < -0.4 is 0 Å². The number of pyridine rings is 1. The number of hydrogen-bond donors (Lipinski definition) is 0. The Bertz CT molecular complexity index is 498. The van der Waals surface area contributed by atoms with Gasteiger partial charge in [0.1, 0.15) is 0 Å². The molecule has 0 aliphatic rings. The van der Waals surface area contributed by atoms with Crippen molar-refractivity contribution in [3.05, 3.63) is 40.6 Å². The van der Waals surface area contributed by atoms with Crippen LogP contribution in [0, 0.1) is 27.7 Å². The molecule has 0 bridgehead atoms. The molecule has 0 aliphatic heterocycles. The number of aromatic nitrogens is 1. The van der Waals surface area contributed by atoms with Crippen LogP contribution in [-0.2, 0) is 0 Å². The molecule has 2 aromatic rings. The van der Waals surface area contributed by atoms with E-state index in [9.17, 15) is 0 Å². The number of nitrogens with zero attached hydrogens (tertiary/aromatic N) is 1. The first-order chi connectivity index (χ1) is 6.59. The van der Waals surface area contributed by atoms with Crippen molar-refractivity contribution < 1.29 is 0 Å². The average Bonchev–Trinajstić information content (AvgIpc) is 2.15. The van der Waals surface area contributed by atoms with E-state index in [1.54, 1.807) is 0 Å². The van der Waals surface area contributed by atoms with Crippen molar-refractivity contribution in [3.63, 3.8) is 0 Å². The largest absolute Gasteiger partial charge is 0.253 e. The second-order valence-electron chi connectivity index (χ2n) is 3.97. The maximum absolute atomic E-state index is 4.64. The average molecular weight is 185 g/mol. The lowest BCUT2D eigenvalue weighted by Crippen LogP contribution is -1.92. The molecule has 2 rings (SSSR count). The van der Waals surface area contributed by atoms with E-state index in [0.717, 1.165) is 11.2 Å². The highest BCUT2D eigenvalue weighted by Crippen LogP contribution is 2.21. The molecule has 72 valence electrons. The van der Waals surface area contributed by atoms with Crippen LogP contribution in [0.1, 0.15) is 22.4 Å². The van der Waals surface area contributed by atoms with E-state index in [2.05, 4.69) is 50.9 Å². The van der Waals surface area contributed by atoms with E-state index in [0.29, 0.717) is 0 Å². The predicted octanol–water partition coefficient (Wildman–Crippen LogP) is 3.47. The third-order valence-corrected chi connectivity index (χ3v) is 2.96. The van der Waals surface area contributed by atoms with Crippen molar-refractivity contribution in [2.45, 2.75) is 27.7 Å². The fourth-order valence-electron chi connectivity index (χ4n) is 1.68. The molecule has 0 fully saturated rings. The maximum atomic E-state index is 4.64. The molecule has 1 heteroatoms. The molecule has 0 amide bonds. The van der Waals surface area contributed by atoms with Crippen molar-refractivity contribution in [2.24, 2.45) is 0 Å². The van der Waals surface area contributed by atoms with Gasteiger partial charge in [0.05, 0.1) is 5.52 Å². The van der Waals surface area contributed by atoms with Crippen molar-refractivity contribution in [3.8, 4) is 0 Å². The summed E-state index contributed by atoms with van der Waals surface area (Å²) in [6.45, 7) is 8.44. The van der Waals surface area contributed by atoms with Crippen LogP contribution in [0.3, 0.4) is 0 Å². The van der Waals surface area contributed by atoms with Crippen LogP contribution in [0.2, 0.25) is 0 Å². The van der Waals surface area contributed by atoms with Gasteiger partial charge in [0, 0.05) is 11.1 Å². The Kier molecular flexibility index (Phi) is 2.03. The number of aryl methyl sites for hydroxylation is 4. The SMILES string of the molecule is Cc1cc2ccc(C)c(C)c2nc1C. The molecule has 1 aromatic heterocycles. The predicted molar refractivity (Wildman–Crippen MR) is 60.7 cm³/mol. The molecule has 1 nitrogen and oxygen atoms in total. The third kappa shape index (κ3) is 1.29. The Morgan fingerprint density at radius 3 is 2.36 bits per heavy atom. The van der Waals surface area contributed by atoms with E-state index in [4.69, 9.17) is 0 Å². The monoisotopic (exact) mass is 185 g/mol. The zero-order valence-corrected chi connectivity index (χ0v) is 9.18. The van der Waals surface area contributed by atoms with Crippen molar-refractivity contribution in [1.82, 2.24) is 4.98 Å². The van der Waals surface area contributed by atoms with Gasteiger partial charge in [-0.3, -0.25) is 4.98 Å². The van der Waals surface area contributed by atoms with Crippen LogP contribution in [0.4, 0.5) is 0 Å². The van der Waals surface area contributed by atoms with Gasteiger partial charge in [0.2, 0.25) is 0 Å². The fourth-order valence-corrected chi connectivity index (χ4v) is 1.68. The van der Waals surface area contributed by atoms with Crippen LogP contribution in [0.25, 0.3) is 10.9 Å². The van der Waals surface area contributed by atoms with E-state index in [-0.39, 0.29) is 0 Å². The van der Waals surface area contributed by atoms with Gasteiger partial charge in [-0.25, -0.2) is 0 Å². The fraction of sp³-hybridized carbons (Fsp3) is 0.308. The smallest absolute Gasteiger partial charge is 0.0737 e. The van der Waals surface area contributed by atoms with Gasteiger partial charge in [-0.1, -0.05) is 12.1 Å². The van der Waals surface area contributed by atoms with Crippen LogP contribution in [-0.4, -0.2) is 4.98 Å². The Balaban J connectivity index is 2.89. The Morgan fingerprint density at radius 1 is 0.929 bits per heavy atom. The summed E-state index contributed by atoms with van der Waals surface area (Å²) in [4.78, 5) is 4.64. The summed E-state index contributed by atoms with van der Waals surface area (Å²) in [5.41, 5.74) is 6.15. The van der Waals surface area contributed by atoms with Crippen LogP contribution in [0.5, 0.6) is 0 Å². The van der Waals surface area contributed by atoms with E-state index < -0.39 is 0 Å². The molecule has 14 heavy (non-hydrogen) atoms. The van der Waals surface area contributed by atoms with Crippen molar-refractivity contribution in [2.75, 3.05) is 0 Å². The van der Waals surface area contributed by atoms with Gasteiger partial charge in [0.25, 0.3) is 0 Å². The molecular weight excluding hydrogens is 170 g/mol.